The molecule has 2 rings (SSSR count). The molecule has 0 atom stereocenters. The van der Waals surface area contributed by atoms with Gasteiger partial charge in [-0.15, -0.1) is 0 Å². The van der Waals surface area contributed by atoms with Gasteiger partial charge in [-0.3, -0.25) is 0 Å². The predicted molar refractivity (Wildman–Crippen MR) is 73.1 cm³/mol. The highest BCUT2D eigenvalue weighted by Crippen LogP contribution is 2.37. The molecule has 0 spiro atoms. The summed E-state index contributed by atoms with van der Waals surface area (Å²) >= 11 is 0. The second-order valence-corrected chi connectivity index (χ2v) is 5.55. The summed E-state index contributed by atoms with van der Waals surface area (Å²) in [6, 6.07) is 5.61. The molecular formula is C13H20BNO3. The Hall–Kier alpha value is -1.20. The lowest BCUT2D eigenvalue weighted by molar-refractivity contribution is 0.00578. The number of hydrogen-bond acceptors (Lipinski definition) is 4. The SMILES string of the molecule is COc1cccc(B2OC(C)(C)C(C)(C)O2)c1N. The summed E-state index contributed by atoms with van der Waals surface area (Å²) in [7, 11) is 1.14. The maximum Gasteiger partial charge on any atom is 0.497 e. The van der Waals surface area contributed by atoms with Gasteiger partial charge in [0.25, 0.3) is 0 Å². The maximum absolute atomic E-state index is 6.07. The van der Waals surface area contributed by atoms with E-state index in [1.165, 1.54) is 0 Å². The van der Waals surface area contributed by atoms with Gasteiger partial charge in [-0.1, -0.05) is 12.1 Å². The number of ether oxygens (including phenoxy) is 1. The fourth-order valence-corrected chi connectivity index (χ4v) is 1.91. The molecule has 1 aliphatic rings. The summed E-state index contributed by atoms with van der Waals surface area (Å²) in [5.74, 6) is 0.641. The molecule has 0 saturated carbocycles. The summed E-state index contributed by atoms with van der Waals surface area (Å²) in [6.07, 6.45) is 0. The molecule has 1 aliphatic heterocycles. The summed E-state index contributed by atoms with van der Waals surface area (Å²) < 4.78 is 17.2. The zero-order valence-corrected chi connectivity index (χ0v) is 11.6. The summed E-state index contributed by atoms with van der Waals surface area (Å²) in [5.41, 5.74) is 6.71. The van der Waals surface area contributed by atoms with Crippen molar-refractivity contribution in [1.82, 2.24) is 0 Å². The van der Waals surface area contributed by atoms with E-state index in [4.69, 9.17) is 19.8 Å². The van der Waals surface area contributed by atoms with Crippen LogP contribution in [-0.4, -0.2) is 25.4 Å². The molecule has 1 saturated heterocycles. The molecule has 1 aromatic carbocycles. The first-order valence-electron chi connectivity index (χ1n) is 6.06. The van der Waals surface area contributed by atoms with Gasteiger partial charge < -0.3 is 19.8 Å². The van der Waals surface area contributed by atoms with Crippen LogP contribution in [0.1, 0.15) is 27.7 Å². The van der Waals surface area contributed by atoms with E-state index in [-0.39, 0.29) is 11.2 Å². The van der Waals surface area contributed by atoms with Gasteiger partial charge >= 0.3 is 7.12 Å². The lowest BCUT2D eigenvalue weighted by Gasteiger charge is -2.32. The molecule has 5 heteroatoms. The number of hydrogen-bond donors (Lipinski definition) is 1. The van der Waals surface area contributed by atoms with Crippen LogP contribution in [0.5, 0.6) is 5.75 Å². The minimum absolute atomic E-state index is 0.368. The number of anilines is 1. The highest BCUT2D eigenvalue weighted by Gasteiger charge is 2.52. The molecule has 0 bridgehead atoms. The quantitative estimate of drug-likeness (QED) is 0.638. The van der Waals surface area contributed by atoms with Crippen LogP contribution < -0.4 is 15.9 Å². The van der Waals surface area contributed by atoms with Crippen LogP contribution in [0.2, 0.25) is 0 Å². The normalized spacial score (nSPS) is 21.1. The second kappa shape index (κ2) is 4.18. The zero-order chi connectivity index (χ0) is 13.6. The van der Waals surface area contributed by atoms with Gasteiger partial charge in [-0.2, -0.15) is 0 Å². The fraction of sp³-hybridized carbons (Fsp3) is 0.538. The minimum Gasteiger partial charge on any atom is -0.495 e. The van der Waals surface area contributed by atoms with Crippen LogP contribution in [-0.2, 0) is 9.31 Å². The van der Waals surface area contributed by atoms with Crippen molar-refractivity contribution in [2.45, 2.75) is 38.9 Å². The van der Waals surface area contributed by atoms with Crippen molar-refractivity contribution < 1.29 is 14.0 Å². The van der Waals surface area contributed by atoms with Crippen LogP contribution in [0, 0.1) is 0 Å². The van der Waals surface area contributed by atoms with E-state index in [1.807, 2.05) is 45.9 Å². The third-order valence-corrected chi connectivity index (χ3v) is 3.83. The van der Waals surface area contributed by atoms with Crippen LogP contribution in [0.4, 0.5) is 5.69 Å². The largest absolute Gasteiger partial charge is 0.497 e. The van der Waals surface area contributed by atoms with Crippen molar-refractivity contribution in [2.24, 2.45) is 0 Å². The van der Waals surface area contributed by atoms with Crippen LogP contribution in [0.15, 0.2) is 18.2 Å². The van der Waals surface area contributed by atoms with Gasteiger partial charge in [-0.05, 0) is 33.8 Å². The molecule has 1 aromatic rings. The Bertz CT molecular complexity index is 444. The summed E-state index contributed by atoms with van der Waals surface area (Å²) in [4.78, 5) is 0. The van der Waals surface area contributed by atoms with Crippen molar-refractivity contribution in [3.05, 3.63) is 18.2 Å². The van der Waals surface area contributed by atoms with Crippen LogP contribution in [0.25, 0.3) is 0 Å². The number of benzene rings is 1. The molecule has 1 fully saturated rings. The Morgan fingerprint density at radius 1 is 1.11 bits per heavy atom. The molecule has 98 valence electrons. The molecule has 0 aromatic heterocycles. The third-order valence-electron chi connectivity index (χ3n) is 3.83. The molecule has 0 unspecified atom stereocenters. The predicted octanol–water partition coefficient (Wildman–Crippen LogP) is 1.58. The lowest BCUT2D eigenvalue weighted by Crippen LogP contribution is -2.41. The number of para-hydroxylation sites is 1. The molecule has 4 nitrogen and oxygen atoms in total. The van der Waals surface area contributed by atoms with Gasteiger partial charge in [0.1, 0.15) is 5.75 Å². The molecule has 0 aliphatic carbocycles. The standard InChI is InChI=1S/C13H20BNO3/c1-12(2)13(3,4)18-14(17-12)9-7-6-8-10(16-5)11(9)15/h6-8H,15H2,1-5H3. The Morgan fingerprint density at radius 2 is 1.67 bits per heavy atom. The van der Waals surface area contributed by atoms with Crippen molar-refractivity contribution >= 4 is 18.3 Å². The molecule has 0 amide bonds. The van der Waals surface area contributed by atoms with E-state index >= 15 is 0 Å². The van der Waals surface area contributed by atoms with Crippen LogP contribution >= 0.6 is 0 Å². The van der Waals surface area contributed by atoms with Gasteiger partial charge in [0.05, 0.1) is 24.0 Å². The number of nitrogens with two attached hydrogens (primary N) is 1. The number of methoxy groups -OCH3 is 1. The topological polar surface area (TPSA) is 53.7 Å². The minimum atomic E-state index is -0.454. The van der Waals surface area contributed by atoms with E-state index in [0.29, 0.717) is 11.4 Å². The Kier molecular flexibility index (Phi) is 3.07. The molecule has 18 heavy (non-hydrogen) atoms. The highest BCUT2D eigenvalue weighted by molar-refractivity contribution is 6.64. The maximum atomic E-state index is 6.07. The zero-order valence-electron chi connectivity index (χ0n) is 11.6. The van der Waals surface area contributed by atoms with E-state index < -0.39 is 7.12 Å². The Morgan fingerprint density at radius 3 is 2.17 bits per heavy atom. The summed E-state index contributed by atoms with van der Waals surface area (Å²) in [6.45, 7) is 8.07. The van der Waals surface area contributed by atoms with Gasteiger partial charge in [0, 0.05) is 5.46 Å². The van der Waals surface area contributed by atoms with E-state index in [9.17, 15) is 0 Å². The Labute approximate surface area is 109 Å². The highest BCUT2D eigenvalue weighted by atomic mass is 16.7. The van der Waals surface area contributed by atoms with Crippen molar-refractivity contribution in [3.63, 3.8) is 0 Å². The molecule has 1 heterocycles. The Balaban J connectivity index is 2.35. The van der Waals surface area contributed by atoms with Gasteiger partial charge in [0.15, 0.2) is 0 Å². The van der Waals surface area contributed by atoms with E-state index in [1.54, 1.807) is 7.11 Å². The number of rotatable bonds is 2. The monoisotopic (exact) mass is 249 g/mol. The van der Waals surface area contributed by atoms with E-state index in [2.05, 4.69) is 0 Å². The number of nitrogen functional groups attached to an aromatic ring is 1. The van der Waals surface area contributed by atoms with Crippen molar-refractivity contribution in [2.75, 3.05) is 12.8 Å². The smallest absolute Gasteiger partial charge is 0.495 e. The second-order valence-electron chi connectivity index (χ2n) is 5.55. The average molecular weight is 249 g/mol. The van der Waals surface area contributed by atoms with Gasteiger partial charge in [-0.25, -0.2) is 0 Å². The van der Waals surface area contributed by atoms with Gasteiger partial charge in [0.2, 0.25) is 0 Å². The summed E-state index contributed by atoms with van der Waals surface area (Å²) in [5, 5.41) is 0. The average Bonchev–Trinajstić information content (AvgIpc) is 2.48. The third kappa shape index (κ3) is 1.97. The molecular weight excluding hydrogens is 229 g/mol. The fourth-order valence-electron chi connectivity index (χ4n) is 1.91. The first-order chi connectivity index (χ1) is 8.28. The van der Waals surface area contributed by atoms with E-state index in [0.717, 1.165) is 5.46 Å². The van der Waals surface area contributed by atoms with Crippen molar-refractivity contribution in [1.29, 1.82) is 0 Å². The molecule has 0 radical (unpaired) electrons. The van der Waals surface area contributed by atoms with Crippen molar-refractivity contribution in [3.8, 4) is 5.75 Å². The first kappa shape index (κ1) is 13.2. The van der Waals surface area contributed by atoms with Crippen LogP contribution in [0.3, 0.4) is 0 Å². The molecule has 2 N–H and O–H groups in total. The lowest BCUT2D eigenvalue weighted by atomic mass is 9.77. The first-order valence-corrected chi connectivity index (χ1v) is 6.06.